The van der Waals surface area contributed by atoms with E-state index in [0.717, 1.165) is 12.0 Å². The summed E-state index contributed by atoms with van der Waals surface area (Å²) in [4.78, 5) is 8.57. The molecule has 1 saturated heterocycles. The van der Waals surface area contributed by atoms with Crippen LogP contribution in [0, 0.1) is 5.82 Å². The van der Waals surface area contributed by atoms with Gasteiger partial charge in [0.15, 0.2) is 5.82 Å². The molecule has 0 aliphatic carbocycles. The zero-order chi connectivity index (χ0) is 17.3. The minimum absolute atomic E-state index is 0.180. The first-order valence-electron chi connectivity index (χ1n) is 7.89. The van der Waals surface area contributed by atoms with E-state index in [2.05, 4.69) is 25.3 Å². The van der Waals surface area contributed by atoms with Crippen molar-refractivity contribution in [3.05, 3.63) is 58.5 Å². The van der Waals surface area contributed by atoms with Gasteiger partial charge in [-0.05, 0) is 35.7 Å². The monoisotopic (exact) mass is 363 g/mol. The Kier molecular flexibility index (Phi) is 4.22. The van der Waals surface area contributed by atoms with Gasteiger partial charge in [0.2, 0.25) is 11.2 Å². The molecule has 25 heavy (non-hydrogen) atoms. The van der Waals surface area contributed by atoms with Gasteiger partial charge in [0.1, 0.15) is 11.6 Å². The number of aryl methyl sites for hydroxylation is 2. The molecule has 0 radical (unpaired) electrons. The van der Waals surface area contributed by atoms with Gasteiger partial charge in [0.25, 0.3) is 0 Å². The van der Waals surface area contributed by atoms with Crippen LogP contribution in [0.3, 0.4) is 0 Å². The first kappa shape index (κ1) is 16.2. The molecule has 2 aromatic heterocycles. The summed E-state index contributed by atoms with van der Waals surface area (Å²) < 4.78 is 24.2. The van der Waals surface area contributed by atoms with E-state index in [1.54, 1.807) is 12.1 Å². The quantitative estimate of drug-likeness (QED) is 0.749. The Morgan fingerprint density at radius 1 is 1.20 bits per heavy atom. The standard InChI is InChI=1S/C16H15ClFN5O2/c17-15-19-12(21-22-15)5-6-13-20-14(23-25-13)16(7-8-24-9-16)10-1-3-11(18)4-2-10/h1-4H,5-9H2,(H,19,21,22)/t16-/m1/s1. The minimum atomic E-state index is -0.509. The van der Waals surface area contributed by atoms with E-state index in [-0.39, 0.29) is 11.1 Å². The number of halogens is 2. The number of nitrogens with one attached hydrogen (secondary N) is 1. The molecule has 1 aliphatic rings. The number of hydrogen-bond donors (Lipinski definition) is 1. The van der Waals surface area contributed by atoms with Crippen molar-refractivity contribution < 1.29 is 13.7 Å². The number of aromatic amines is 1. The summed E-state index contributed by atoms with van der Waals surface area (Å²) in [6, 6.07) is 6.36. The van der Waals surface area contributed by atoms with Crippen LogP contribution >= 0.6 is 11.6 Å². The highest BCUT2D eigenvalue weighted by atomic mass is 35.5. The van der Waals surface area contributed by atoms with E-state index in [9.17, 15) is 4.39 Å². The summed E-state index contributed by atoms with van der Waals surface area (Å²) >= 11 is 5.68. The molecule has 0 unspecified atom stereocenters. The van der Waals surface area contributed by atoms with Crippen LogP contribution in [0.2, 0.25) is 5.28 Å². The highest BCUT2D eigenvalue weighted by molar-refractivity contribution is 6.28. The Morgan fingerprint density at radius 3 is 2.72 bits per heavy atom. The van der Waals surface area contributed by atoms with Crippen molar-refractivity contribution in [2.24, 2.45) is 0 Å². The predicted molar refractivity (Wildman–Crippen MR) is 85.7 cm³/mol. The van der Waals surface area contributed by atoms with Gasteiger partial charge >= 0.3 is 0 Å². The molecule has 3 heterocycles. The fraction of sp³-hybridized carbons (Fsp3) is 0.375. The topological polar surface area (TPSA) is 89.7 Å². The van der Waals surface area contributed by atoms with Crippen LogP contribution in [-0.4, -0.2) is 38.5 Å². The number of benzene rings is 1. The van der Waals surface area contributed by atoms with E-state index in [0.29, 0.717) is 43.6 Å². The van der Waals surface area contributed by atoms with Gasteiger partial charge in [0, 0.05) is 19.4 Å². The Bertz CT molecular complexity index is 858. The molecule has 1 fully saturated rings. The highest BCUT2D eigenvalue weighted by Gasteiger charge is 2.42. The zero-order valence-electron chi connectivity index (χ0n) is 13.2. The zero-order valence-corrected chi connectivity index (χ0v) is 14.0. The summed E-state index contributed by atoms with van der Waals surface area (Å²) in [6.07, 6.45) is 1.79. The van der Waals surface area contributed by atoms with E-state index in [1.807, 2.05) is 0 Å². The first-order chi connectivity index (χ1) is 12.2. The fourth-order valence-electron chi connectivity index (χ4n) is 3.03. The van der Waals surface area contributed by atoms with Crippen LogP contribution in [0.4, 0.5) is 4.39 Å². The molecule has 3 aromatic rings. The second-order valence-corrected chi connectivity index (χ2v) is 6.29. The van der Waals surface area contributed by atoms with Gasteiger partial charge in [-0.3, -0.25) is 5.10 Å². The summed E-state index contributed by atoms with van der Waals surface area (Å²) in [7, 11) is 0. The maximum Gasteiger partial charge on any atom is 0.242 e. The normalized spacial score (nSPS) is 20.2. The van der Waals surface area contributed by atoms with E-state index >= 15 is 0 Å². The Balaban J connectivity index is 1.57. The van der Waals surface area contributed by atoms with E-state index < -0.39 is 5.41 Å². The average molecular weight is 364 g/mol. The molecule has 0 amide bonds. The van der Waals surface area contributed by atoms with Gasteiger partial charge < -0.3 is 9.26 Å². The summed E-state index contributed by atoms with van der Waals surface area (Å²) in [5.41, 5.74) is 0.408. The lowest BCUT2D eigenvalue weighted by Crippen LogP contribution is -2.29. The van der Waals surface area contributed by atoms with Gasteiger partial charge in [-0.2, -0.15) is 4.98 Å². The molecule has 1 N–H and O–H groups in total. The molecular weight excluding hydrogens is 349 g/mol. The van der Waals surface area contributed by atoms with Crippen molar-refractivity contribution in [1.82, 2.24) is 25.3 Å². The van der Waals surface area contributed by atoms with Crippen molar-refractivity contribution in [3.63, 3.8) is 0 Å². The number of H-pyrrole nitrogens is 1. The number of aromatic nitrogens is 5. The van der Waals surface area contributed by atoms with Crippen molar-refractivity contribution in [2.45, 2.75) is 24.7 Å². The lowest BCUT2D eigenvalue weighted by molar-refractivity contribution is 0.182. The molecule has 1 aliphatic heterocycles. The third kappa shape index (κ3) is 3.14. The third-order valence-corrected chi connectivity index (χ3v) is 4.56. The number of nitrogens with zero attached hydrogens (tertiary/aromatic N) is 4. The lowest BCUT2D eigenvalue weighted by atomic mass is 9.79. The molecule has 0 bridgehead atoms. The van der Waals surface area contributed by atoms with Crippen LogP contribution in [0.1, 0.15) is 29.5 Å². The van der Waals surface area contributed by atoms with Gasteiger partial charge in [-0.25, -0.2) is 9.37 Å². The van der Waals surface area contributed by atoms with Gasteiger partial charge in [0.05, 0.1) is 12.0 Å². The van der Waals surface area contributed by atoms with Crippen molar-refractivity contribution in [1.29, 1.82) is 0 Å². The second kappa shape index (κ2) is 6.53. The number of ether oxygens (including phenoxy) is 1. The molecule has 130 valence electrons. The summed E-state index contributed by atoms with van der Waals surface area (Å²) in [5.74, 6) is 1.43. The molecule has 9 heteroatoms. The molecule has 0 spiro atoms. The van der Waals surface area contributed by atoms with Crippen molar-refractivity contribution >= 4 is 11.6 Å². The maximum atomic E-state index is 13.3. The van der Waals surface area contributed by atoms with Crippen LogP contribution < -0.4 is 0 Å². The Morgan fingerprint density at radius 2 is 2.04 bits per heavy atom. The lowest BCUT2D eigenvalue weighted by Gasteiger charge is -2.23. The van der Waals surface area contributed by atoms with Crippen molar-refractivity contribution in [2.75, 3.05) is 13.2 Å². The van der Waals surface area contributed by atoms with Crippen LogP contribution in [0.5, 0.6) is 0 Å². The molecule has 1 aromatic carbocycles. The second-order valence-electron chi connectivity index (χ2n) is 5.95. The van der Waals surface area contributed by atoms with Gasteiger partial charge in [-0.15, -0.1) is 5.10 Å². The average Bonchev–Trinajstić information content (AvgIpc) is 3.34. The molecular formula is C16H15ClFN5O2. The van der Waals surface area contributed by atoms with E-state index in [4.69, 9.17) is 20.9 Å². The number of rotatable bonds is 5. The summed E-state index contributed by atoms with van der Waals surface area (Å²) in [5, 5.41) is 10.8. The molecule has 4 rings (SSSR count). The molecule has 7 nitrogen and oxygen atoms in total. The van der Waals surface area contributed by atoms with Crippen molar-refractivity contribution in [3.8, 4) is 0 Å². The van der Waals surface area contributed by atoms with Gasteiger partial charge in [-0.1, -0.05) is 17.3 Å². The molecule has 1 atom stereocenters. The van der Waals surface area contributed by atoms with Crippen LogP contribution in [-0.2, 0) is 23.0 Å². The third-order valence-electron chi connectivity index (χ3n) is 4.39. The smallest absolute Gasteiger partial charge is 0.242 e. The summed E-state index contributed by atoms with van der Waals surface area (Å²) in [6.45, 7) is 1.03. The Labute approximate surface area is 147 Å². The van der Waals surface area contributed by atoms with E-state index in [1.165, 1.54) is 12.1 Å². The Hall–Kier alpha value is -2.32. The highest BCUT2D eigenvalue weighted by Crippen LogP contribution is 2.38. The first-order valence-corrected chi connectivity index (χ1v) is 8.27. The van der Waals surface area contributed by atoms with Crippen LogP contribution in [0.15, 0.2) is 28.8 Å². The van der Waals surface area contributed by atoms with Crippen LogP contribution in [0.25, 0.3) is 0 Å². The largest absolute Gasteiger partial charge is 0.380 e. The maximum absolute atomic E-state index is 13.3. The number of hydrogen-bond acceptors (Lipinski definition) is 6. The SMILES string of the molecule is Fc1ccc([C@@]2(c3noc(CCc4nc(Cl)n[nH]4)n3)CCOC2)cc1. The fourth-order valence-corrected chi connectivity index (χ4v) is 3.17. The predicted octanol–water partition coefficient (Wildman–Crippen LogP) is 2.47. The minimum Gasteiger partial charge on any atom is -0.380 e. The molecule has 0 saturated carbocycles.